The number of carbonyl (C=O) groups excluding carboxylic acids is 1. The summed E-state index contributed by atoms with van der Waals surface area (Å²) >= 11 is 0. The maximum atomic E-state index is 12.4. The molecule has 0 saturated heterocycles. The van der Waals surface area contributed by atoms with Crippen LogP contribution in [-0.2, 0) is 0 Å². The number of rotatable bonds is 4. The summed E-state index contributed by atoms with van der Waals surface area (Å²) in [7, 11) is 0. The topological polar surface area (TPSA) is 57.8 Å². The SMILES string of the molecule is Cc1ccnc([C@H](NC(=O)c2cc[nH]c2C)C2CC2)c1. The van der Waals surface area contributed by atoms with Crippen LogP contribution in [0.2, 0.25) is 0 Å². The fourth-order valence-corrected chi connectivity index (χ4v) is 2.51. The molecule has 0 unspecified atom stereocenters. The van der Waals surface area contributed by atoms with Crippen molar-refractivity contribution >= 4 is 5.91 Å². The lowest BCUT2D eigenvalue weighted by molar-refractivity contribution is 0.0930. The Morgan fingerprint density at radius 3 is 2.80 bits per heavy atom. The van der Waals surface area contributed by atoms with Gasteiger partial charge in [-0.25, -0.2) is 0 Å². The number of pyridine rings is 1. The highest BCUT2D eigenvalue weighted by Crippen LogP contribution is 2.40. The van der Waals surface area contributed by atoms with E-state index < -0.39 is 0 Å². The molecule has 1 fully saturated rings. The Hall–Kier alpha value is -2.10. The lowest BCUT2D eigenvalue weighted by Gasteiger charge is -2.18. The van der Waals surface area contributed by atoms with Crippen molar-refractivity contribution < 1.29 is 4.79 Å². The number of aromatic nitrogens is 2. The average Bonchev–Trinajstić information content (AvgIpc) is 3.17. The molecular formula is C16H19N3O. The molecule has 0 radical (unpaired) electrons. The van der Waals surface area contributed by atoms with Gasteiger partial charge < -0.3 is 10.3 Å². The Labute approximate surface area is 118 Å². The smallest absolute Gasteiger partial charge is 0.253 e. The Kier molecular flexibility index (Phi) is 3.30. The predicted octanol–water partition coefficient (Wildman–Crippen LogP) is 2.91. The van der Waals surface area contributed by atoms with Crippen LogP contribution < -0.4 is 5.32 Å². The van der Waals surface area contributed by atoms with Crippen LogP contribution in [-0.4, -0.2) is 15.9 Å². The van der Waals surface area contributed by atoms with Crippen molar-refractivity contribution in [2.24, 2.45) is 5.92 Å². The van der Waals surface area contributed by atoms with Crippen molar-refractivity contribution in [3.63, 3.8) is 0 Å². The molecular weight excluding hydrogens is 250 g/mol. The van der Waals surface area contributed by atoms with Gasteiger partial charge in [0.2, 0.25) is 0 Å². The van der Waals surface area contributed by atoms with Crippen molar-refractivity contribution in [2.45, 2.75) is 32.7 Å². The minimum absolute atomic E-state index is 0.0241. The fraction of sp³-hybridized carbons (Fsp3) is 0.375. The van der Waals surface area contributed by atoms with Crippen LogP contribution in [0.25, 0.3) is 0 Å². The van der Waals surface area contributed by atoms with Crippen molar-refractivity contribution in [3.8, 4) is 0 Å². The molecule has 4 heteroatoms. The van der Waals surface area contributed by atoms with Crippen LogP contribution in [0.1, 0.15) is 46.2 Å². The maximum Gasteiger partial charge on any atom is 0.253 e. The molecule has 0 aliphatic heterocycles. The molecule has 1 aliphatic rings. The number of nitrogens with zero attached hydrogens (tertiary/aromatic N) is 1. The van der Waals surface area contributed by atoms with E-state index in [2.05, 4.69) is 21.4 Å². The van der Waals surface area contributed by atoms with Gasteiger partial charge in [0.1, 0.15) is 0 Å². The van der Waals surface area contributed by atoms with Gasteiger partial charge in [-0.15, -0.1) is 0 Å². The molecule has 4 nitrogen and oxygen atoms in total. The lowest BCUT2D eigenvalue weighted by atomic mass is 10.1. The second kappa shape index (κ2) is 5.12. The first-order valence-electron chi connectivity index (χ1n) is 7.02. The second-order valence-corrected chi connectivity index (χ2v) is 5.56. The summed E-state index contributed by atoms with van der Waals surface area (Å²) in [6, 6.07) is 5.88. The monoisotopic (exact) mass is 269 g/mol. The van der Waals surface area contributed by atoms with Crippen molar-refractivity contribution in [1.82, 2.24) is 15.3 Å². The maximum absolute atomic E-state index is 12.4. The zero-order valence-corrected chi connectivity index (χ0v) is 11.8. The quantitative estimate of drug-likeness (QED) is 0.896. The molecule has 20 heavy (non-hydrogen) atoms. The van der Waals surface area contributed by atoms with Gasteiger partial charge in [-0.05, 0) is 56.4 Å². The number of H-pyrrole nitrogens is 1. The highest BCUT2D eigenvalue weighted by molar-refractivity contribution is 5.95. The van der Waals surface area contributed by atoms with Gasteiger partial charge in [0.15, 0.2) is 0 Å². The second-order valence-electron chi connectivity index (χ2n) is 5.56. The minimum Gasteiger partial charge on any atom is -0.365 e. The molecule has 1 aliphatic carbocycles. The molecule has 2 heterocycles. The molecule has 0 bridgehead atoms. The van der Waals surface area contributed by atoms with E-state index in [4.69, 9.17) is 0 Å². The number of aromatic amines is 1. The first kappa shape index (κ1) is 12.9. The number of aryl methyl sites for hydroxylation is 2. The van der Waals surface area contributed by atoms with Crippen LogP contribution in [0.5, 0.6) is 0 Å². The molecule has 0 aromatic carbocycles. The van der Waals surface area contributed by atoms with Gasteiger partial charge in [-0.2, -0.15) is 0 Å². The van der Waals surface area contributed by atoms with Crippen LogP contribution in [0, 0.1) is 19.8 Å². The van der Waals surface area contributed by atoms with Gasteiger partial charge >= 0.3 is 0 Å². The number of hydrogen-bond acceptors (Lipinski definition) is 2. The summed E-state index contributed by atoms with van der Waals surface area (Å²) in [5, 5.41) is 3.14. The largest absolute Gasteiger partial charge is 0.365 e. The minimum atomic E-state index is -0.0241. The zero-order chi connectivity index (χ0) is 14.1. The van der Waals surface area contributed by atoms with Crippen molar-refractivity contribution in [3.05, 3.63) is 53.1 Å². The summed E-state index contributed by atoms with van der Waals surface area (Å²) in [4.78, 5) is 19.8. The standard InChI is InChI=1S/C16H19N3O/c1-10-5-7-18-14(9-10)15(12-3-4-12)19-16(20)13-6-8-17-11(13)2/h5-9,12,15,17H,3-4H2,1-2H3,(H,19,20)/t15-/m1/s1. The van der Waals surface area contributed by atoms with Gasteiger partial charge in [-0.3, -0.25) is 9.78 Å². The van der Waals surface area contributed by atoms with Crippen LogP contribution in [0.15, 0.2) is 30.6 Å². The molecule has 1 amide bonds. The third-order valence-corrected chi connectivity index (χ3v) is 3.83. The summed E-state index contributed by atoms with van der Waals surface area (Å²) in [6.07, 6.45) is 5.93. The van der Waals surface area contributed by atoms with Gasteiger partial charge in [-0.1, -0.05) is 0 Å². The normalized spacial score (nSPS) is 15.9. The lowest BCUT2D eigenvalue weighted by Crippen LogP contribution is -2.30. The molecule has 2 aromatic rings. The molecule has 2 aromatic heterocycles. The first-order chi connectivity index (χ1) is 9.65. The molecule has 0 spiro atoms. The van der Waals surface area contributed by atoms with Gasteiger partial charge in [0.05, 0.1) is 17.3 Å². The number of hydrogen-bond donors (Lipinski definition) is 2. The van der Waals surface area contributed by atoms with Gasteiger partial charge in [0.25, 0.3) is 5.91 Å². The van der Waals surface area contributed by atoms with E-state index >= 15 is 0 Å². The summed E-state index contributed by atoms with van der Waals surface area (Å²) in [5.74, 6) is 0.497. The molecule has 1 saturated carbocycles. The number of carbonyl (C=O) groups is 1. The highest BCUT2D eigenvalue weighted by atomic mass is 16.1. The van der Waals surface area contributed by atoms with Gasteiger partial charge in [0, 0.05) is 18.1 Å². The molecule has 104 valence electrons. The van der Waals surface area contributed by atoms with E-state index in [-0.39, 0.29) is 11.9 Å². The molecule has 1 atom stereocenters. The predicted molar refractivity (Wildman–Crippen MR) is 77.4 cm³/mol. The van der Waals surface area contributed by atoms with Crippen LogP contribution in [0.3, 0.4) is 0 Å². The third kappa shape index (κ3) is 2.59. The van der Waals surface area contributed by atoms with E-state index in [0.29, 0.717) is 11.5 Å². The van der Waals surface area contributed by atoms with Crippen molar-refractivity contribution in [1.29, 1.82) is 0 Å². The summed E-state index contributed by atoms with van der Waals surface area (Å²) in [5.41, 5.74) is 3.75. The fourth-order valence-electron chi connectivity index (χ4n) is 2.51. The summed E-state index contributed by atoms with van der Waals surface area (Å²) < 4.78 is 0. The average molecular weight is 269 g/mol. The van der Waals surface area contributed by atoms with Crippen LogP contribution in [0.4, 0.5) is 0 Å². The third-order valence-electron chi connectivity index (χ3n) is 3.83. The van der Waals surface area contributed by atoms with Crippen molar-refractivity contribution in [2.75, 3.05) is 0 Å². The number of amides is 1. The van der Waals surface area contributed by atoms with E-state index in [0.717, 1.165) is 24.2 Å². The highest BCUT2D eigenvalue weighted by Gasteiger charge is 2.34. The molecule has 2 N–H and O–H groups in total. The Bertz CT molecular complexity index is 628. The molecule has 3 rings (SSSR count). The zero-order valence-electron chi connectivity index (χ0n) is 11.8. The first-order valence-corrected chi connectivity index (χ1v) is 7.02. The Balaban J connectivity index is 1.82. The van der Waals surface area contributed by atoms with E-state index in [1.807, 2.05) is 32.2 Å². The number of nitrogens with one attached hydrogen (secondary N) is 2. The van der Waals surface area contributed by atoms with E-state index in [1.54, 1.807) is 6.20 Å². The summed E-state index contributed by atoms with van der Waals surface area (Å²) in [6.45, 7) is 3.96. The van der Waals surface area contributed by atoms with E-state index in [1.165, 1.54) is 5.56 Å². The Morgan fingerprint density at radius 1 is 1.40 bits per heavy atom. The van der Waals surface area contributed by atoms with E-state index in [9.17, 15) is 4.79 Å². The Morgan fingerprint density at radius 2 is 2.20 bits per heavy atom. The van der Waals surface area contributed by atoms with Crippen LogP contribution >= 0.6 is 0 Å².